The lowest BCUT2D eigenvalue weighted by atomic mass is 10.3. The maximum absolute atomic E-state index is 12.6. The number of aryl methyl sites for hydroxylation is 2. The first kappa shape index (κ1) is 15.3. The zero-order chi connectivity index (χ0) is 16.4. The van der Waals surface area contributed by atoms with Gasteiger partial charge >= 0.3 is 5.97 Å². The van der Waals surface area contributed by atoms with Gasteiger partial charge in [0.25, 0.3) is 5.56 Å². The van der Waals surface area contributed by atoms with E-state index in [9.17, 15) is 9.59 Å². The SMILES string of the molecule is CCOC(=O)CCCn1nc(CC)n2c(cc3occc32)c1=O. The Morgan fingerprint density at radius 2 is 2.17 bits per heavy atom. The van der Waals surface area contributed by atoms with Crippen LogP contribution in [0.15, 0.2) is 27.6 Å². The molecule has 3 heterocycles. The second-order valence-corrected chi connectivity index (χ2v) is 5.24. The number of hydrogen-bond donors (Lipinski definition) is 0. The molecule has 0 saturated heterocycles. The topological polar surface area (TPSA) is 78.7 Å². The first-order chi connectivity index (χ1) is 11.2. The van der Waals surface area contributed by atoms with E-state index in [1.54, 1.807) is 19.3 Å². The van der Waals surface area contributed by atoms with Gasteiger partial charge in [-0.15, -0.1) is 0 Å². The van der Waals surface area contributed by atoms with Crippen LogP contribution < -0.4 is 5.56 Å². The number of esters is 1. The van der Waals surface area contributed by atoms with Gasteiger partial charge in [-0.25, -0.2) is 4.68 Å². The van der Waals surface area contributed by atoms with E-state index >= 15 is 0 Å². The van der Waals surface area contributed by atoms with E-state index < -0.39 is 0 Å². The number of furan rings is 1. The molecule has 0 N–H and O–H groups in total. The molecule has 0 aliphatic heterocycles. The Labute approximate surface area is 132 Å². The van der Waals surface area contributed by atoms with E-state index in [2.05, 4.69) is 5.10 Å². The van der Waals surface area contributed by atoms with Crippen molar-refractivity contribution in [1.82, 2.24) is 14.2 Å². The van der Waals surface area contributed by atoms with Crippen LogP contribution in [0.4, 0.5) is 0 Å². The highest BCUT2D eigenvalue weighted by Crippen LogP contribution is 2.20. The number of carbonyl (C=O) groups excluding carboxylic acids is 1. The number of rotatable bonds is 6. The fraction of sp³-hybridized carbons (Fsp3) is 0.438. The molecule has 7 heteroatoms. The molecule has 23 heavy (non-hydrogen) atoms. The van der Waals surface area contributed by atoms with Gasteiger partial charge in [0.2, 0.25) is 0 Å². The summed E-state index contributed by atoms with van der Waals surface area (Å²) in [6, 6.07) is 3.56. The van der Waals surface area contributed by atoms with E-state index in [1.165, 1.54) is 4.68 Å². The fourth-order valence-electron chi connectivity index (χ4n) is 2.71. The summed E-state index contributed by atoms with van der Waals surface area (Å²) in [6.07, 6.45) is 3.07. The Morgan fingerprint density at radius 1 is 1.35 bits per heavy atom. The molecule has 0 radical (unpaired) electrons. The predicted molar refractivity (Wildman–Crippen MR) is 84.5 cm³/mol. The molecular weight excluding hydrogens is 298 g/mol. The fourth-order valence-corrected chi connectivity index (χ4v) is 2.71. The molecule has 0 unspecified atom stereocenters. The average molecular weight is 317 g/mol. The van der Waals surface area contributed by atoms with Gasteiger partial charge in [0.1, 0.15) is 11.3 Å². The van der Waals surface area contributed by atoms with Gasteiger partial charge in [-0.1, -0.05) is 6.92 Å². The smallest absolute Gasteiger partial charge is 0.305 e. The lowest BCUT2D eigenvalue weighted by molar-refractivity contribution is -0.143. The van der Waals surface area contributed by atoms with Gasteiger partial charge in [0.15, 0.2) is 5.58 Å². The van der Waals surface area contributed by atoms with E-state index in [1.807, 2.05) is 17.4 Å². The molecular formula is C16H19N3O4. The molecule has 0 atom stereocenters. The van der Waals surface area contributed by atoms with Crippen LogP contribution in [0.2, 0.25) is 0 Å². The first-order valence-electron chi connectivity index (χ1n) is 7.80. The molecule has 0 amide bonds. The number of fused-ring (bicyclic) bond motifs is 3. The van der Waals surface area contributed by atoms with Gasteiger partial charge in [-0.05, 0) is 13.3 Å². The highest BCUT2D eigenvalue weighted by Gasteiger charge is 2.15. The molecule has 122 valence electrons. The predicted octanol–water partition coefficient (Wildman–Crippen LogP) is 2.15. The standard InChI is InChI=1S/C16H19N3O4/c1-3-14-17-18(8-5-6-15(20)22-4-2)16(21)12-10-13-11(19(12)14)7-9-23-13/h7,9-10H,3-6,8H2,1-2H3. The Morgan fingerprint density at radius 3 is 2.91 bits per heavy atom. The first-order valence-corrected chi connectivity index (χ1v) is 7.80. The van der Waals surface area contributed by atoms with Crippen LogP contribution in [-0.2, 0) is 22.5 Å². The molecule has 3 rings (SSSR count). The molecule has 0 spiro atoms. The summed E-state index contributed by atoms with van der Waals surface area (Å²) in [5.41, 5.74) is 1.88. The van der Waals surface area contributed by atoms with Crippen LogP contribution >= 0.6 is 0 Å². The summed E-state index contributed by atoms with van der Waals surface area (Å²) in [7, 11) is 0. The summed E-state index contributed by atoms with van der Waals surface area (Å²) < 4.78 is 13.5. The Balaban J connectivity index is 1.93. The minimum absolute atomic E-state index is 0.183. The van der Waals surface area contributed by atoms with Crippen molar-refractivity contribution in [1.29, 1.82) is 0 Å². The number of nitrogens with zero attached hydrogens (tertiary/aromatic N) is 3. The maximum Gasteiger partial charge on any atom is 0.305 e. The lowest BCUT2D eigenvalue weighted by Gasteiger charge is -2.09. The van der Waals surface area contributed by atoms with Crippen LogP contribution in [0.3, 0.4) is 0 Å². The van der Waals surface area contributed by atoms with E-state index in [-0.39, 0.29) is 17.9 Å². The van der Waals surface area contributed by atoms with Crippen molar-refractivity contribution in [3.63, 3.8) is 0 Å². The van der Waals surface area contributed by atoms with Crippen LogP contribution in [0.5, 0.6) is 0 Å². The molecule has 0 bridgehead atoms. The molecule has 3 aromatic heterocycles. The van der Waals surface area contributed by atoms with E-state index in [0.717, 1.165) is 11.3 Å². The van der Waals surface area contributed by atoms with Crippen molar-refractivity contribution >= 4 is 22.6 Å². The zero-order valence-corrected chi connectivity index (χ0v) is 13.2. The Kier molecular flexibility index (Phi) is 4.18. The van der Waals surface area contributed by atoms with Crippen LogP contribution in [0.25, 0.3) is 16.6 Å². The van der Waals surface area contributed by atoms with Gasteiger partial charge in [-0.2, -0.15) is 5.10 Å². The molecule has 0 aliphatic rings. The lowest BCUT2D eigenvalue weighted by Crippen LogP contribution is -2.27. The summed E-state index contributed by atoms with van der Waals surface area (Å²) in [6.45, 7) is 4.51. The van der Waals surface area contributed by atoms with Gasteiger partial charge in [0.05, 0.1) is 18.4 Å². The van der Waals surface area contributed by atoms with E-state index in [0.29, 0.717) is 37.1 Å². The van der Waals surface area contributed by atoms with Crippen LogP contribution in [0, 0.1) is 0 Å². The third kappa shape index (κ3) is 2.74. The Hall–Kier alpha value is -2.57. The minimum Gasteiger partial charge on any atom is -0.466 e. The van der Waals surface area contributed by atoms with Crippen molar-refractivity contribution < 1.29 is 13.9 Å². The maximum atomic E-state index is 12.6. The highest BCUT2D eigenvalue weighted by atomic mass is 16.5. The third-order valence-corrected chi connectivity index (χ3v) is 3.74. The summed E-state index contributed by atoms with van der Waals surface area (Å²) in [5.74, 6) is 0.532. The van der Waals surface area contributed by atoms with Crippen molar-refractivity contribution in [2.24, 2.45) is 0 Å². The number of aromatic nitrogens is 3. The minimum atomic E-state index is -0.252. The largest absolute Gasteiger partial charge is 0.466 e. The molecule has 3 aromatic rings. The summed E-state index contributed by atoms with van der Waals surface area (Å²) >= 11 is 0. The second kappa shape index (κ2) is 6.28. The monoisotopic (exact) mass is 317 g/mol. The van der Waals surface area contributed by atoms with Gasteiger partial charge in [0, 0.05) is 31.5 Å². The van der Waals surface area contributed by atoms with Crippen molar-refractivity contribution in [2.45, 2.75) is 39.7 Å². The zero-order valence-electron chi connectivity index (χ0n) is 13.2. The van der Waals surface area contributed by atoms with Crippen molar-refractivity contribution in [2.75, 3.05) is 6.61 Å². The second-order valence-electron chi connectivity index (χ2n) is 5.24. The highest BCUT2D eigenvalue weighted by molar-refractivity contribution is 5.82. The van der Waals surface area contributed by atoms with Crippen molar-refractivity contribution in [3.8, 4) is 0 Å². The molecule has 0 fully saturated rings. The molecule has 7 nitrogen and oxygen atoms in total. The Bertz CT molecular complexity index is 903. The van der Waals surface area contributed by atoms with Gasteiger partial charge in [-0.3, -0.25) is 14.0 Å². The summed E-state index contributed by atoms with van der Waals surface area (Å²) in [4.78, 5) is 24.0. The normalized spacial score (nSPS) is 11.4. The number of hydrogen-bond acceptors (Lipinski definition) is 5. The van der Waals surface area contributed by atoms with Crippen LogP contribution in [-0.4, -0.2) is 26.8 Å². The van der Waals surface area contributed by atoms with Gasteiger partial charge < -0.3 is 9.15 Å². The molecule has 0 aromatic carbocycles. The molecule has 0 saturated carbocycles. The third-order valence-electron chi connectivity index (χ3n) is 3.74. The van der Waals surface area contributed by atoms with Crippen molar-refractivity contribution in [3.05, 3.63) is 34.6 Å². The van der Waals surface area contributed by atoms with E-state index in [4.69, 9.17) is 9.15 Å². The van der Waals surface area contributed by atoms with Crippen LogP contribution in [0.1, 0.15) is 32.5 Å². The average Bonchev–Trinajstić information content (AvgIpc) is 3.11. The summed E-state index contributed by atoms with van der Waals surface area (Å²) in [5, 5.41) is 4.44. The number of carbonyl (C=O) groups is 1. The quantitative estimate of drug-likeness (QED) is 0.651. The molecule has 0 aliphatic carbocycles. The number of ether oxygens (including phenoxy) is 1.